The Labute approximate surface area is 213 Å². The number of thiophene rings is 1. The van der Waals surface area contributed by atoms with Crippen molar-refractivity contribution >= 4 is 39.9 Å². The number of aryl methyl sites for hydroxylation is 1. The number of hydrogen-bond donors (Lipinski definition) is 2. The highest BCUT2D eigenvalue weighted by molar-refractivity contribution is 7.99. The second-order valence-corrected chi connectivity index (χ2v) is 11.1. The zero-order valence-electron chi connectivity index (χ0n) is 19.4. The summed E-state index contributed by atoms with van der Waals surface area (Å²) in [6, 6.07) is 7.25. The molecule has 0 bridgehead atoms. The van der Waals surface area contributed by atoms with Crippen molar-refractivity contribution in [3.63, 3.8) is 0 Å². The molecule has 0 unspecified atom stereocenters. The van der Waals surface area contributed by atoms with Gasteiger partial charge in [0, 0.05) is 16.0 Å². The molecule has 0 aliphatic heterocycles. The molecule has 3 N–H and O–H groups in total. The molecule has 2 amide bonds. The topological polar surface area (TPSA) is 98.0 Å². The van der Waals surface area contributed by atoms with Crippen molar-refractivity contribution in [1.29, 1.82) is 0 Å². The van der Waals surface area contributed by atoms with Crippen molar-refractivity contribution in [2.24, 2.45) is 11.7 Å². The fourth-order valence-corrected chi connectivity index (χ4v) is 6.92. The third-order valence-electron chi connectivity index (χ3n) is 6.52. The van der Waals surface area contributed by atoms with Crippen LogP contribution < -0.4 is 11.1 Å². The minimum Gasteiger partial charge on any atom is -0.365 e. The first-order valence-electron chi connectivity index (χ1n) is 11.5. The van der Waals surface area contributed by atoms with E-state index in [0.717, 1.165) is 47.0 Å². The van der Waals surface area contributed by atoms with Crippen LogP contribution in [0.3, 0.4) is 0 Å². The first-order valence-corrected chi connectivity index (χ1v) is 13.4. The van der Waals surface area contributed by atoms with Crippen LogP contribution in [-0.2, 0) is 36.7 Å². The third-order valence-corrected chi connectivity index (χ3v) is 8.53. The van der Waals surface area contributed by atoms with Crippen molar-refractivity contribution in [2.75, 3.05) is 11.1 Å². The lowest BCUT2D eigenvalue weighted by atomic mass is 9.88. The number of fused-ring (bicyclic) bond motifs is 4. The molecule has 11 heteroatoms. The van der Waals surface area contributed by atoms with Crippen LogP contribution in [0.1, 0.15) is 51.0 Å². The predicted octanol–water partition coefficient (Wildman–Crippen LogP) is 5.28. The Kier molecular flexibility index (Phi) is 6.54. The summed E-state index contributed by atoms with van der Waals surface area (Å²) in [5.74, 6) is -0.805. The minimum atomic E-state index is -4.64. The van der Waals surface area contributed by atoms with E-state index < -0.39 is 23.7 Å². The monoisotopic (exact) mass is 532 g/mol. The van der Waals surface area contributed by atoms with Crippen LogP contribution in [0, 0.1) is 5.92 Å². The van der Waals surface area contributed by atoms with Gasteiger partial charge in [0.1, 0.15) is 5.00 Å². The number of hydrogen-bond acceptors (Lipinski definition) is 6. The van der Waals surface area contributed by atoms with E-state index in [1.54, 1.807) is 12.1 Å². The summed E-state index contributed by atoms with van der Waals surface area (Å²) in [4.78, 5) is 34.1. The van der Waals surface area contributed by atoms with Gasteiger partial charge in [0.15, 0.2) is 10.9 Å². The van der Waals surface area contributed by atoms with Crippen molar-refractivity contribution in [1.82, 2.24) is 9.97 Å². The van der Waals surface area contributed by atoms with Crippen LogP contribution in [0.15, 0.2) is 29.4 Å². The molecule has 2 heterocycles. The van der Waals surface area contributed by atoms with Gasteiger partial charge in [-0.2, -0.15) is 13.2 Å². The molecule has 1 aromatic carbocycles. The normalized spacial score (nSPS) is 16.6. The maximum Gasteiger partial charge on any atom is 0.433 e. The number of halogens is 3. The lowest BCUT2D eigenvalue weighted by Crippen LogP contribution is -2.21. The average Bonchev–Trinajstić information content (AvgIpc) is 3.18. The van der Waals surface area contributed by atoms with Gasteiger partial charge in [-0.1, -0.05) is 43.0 Å². The van der Waals surface area contributed by atoms with E-state index in [1.807, 2.05) is 12.1 Å². The van der Waals surface area contributed by atoms with E-state index in [9.17, 15) is 22.8 Å². The van der Waals surface area contributed by atoms with E-state index in [0.29, 0.717) is 28.5 Å². The van der Waals surface area contributed by atoms with Crippen molar-refractivity contribution in [3.8, 4) is 11.3 Å². The highest BCUT2D eigenvalue weighted by Gasteiger charge is 2.39. The van der Waals surface area contributed by atoms with Gasteiger partial charge >= 0.3 is 6.18 Å². The number of nitrogens with one attached hydrogen (secondary N) is 1. The molecule has 2 aliphatic rings. The maximum absolute atomic E-state index is 13.9. The number of aromatic nitrogens is 2. The highest BCUT2D eigenvalue weighted by atomic mass is 32.2. The van der Waals surface area contributed by atoms with Gasteiger partial charge in [-0.05, 0) is 49.1 Å². The van der Waals surface area contributed by atoms with E-state index in [4.69, 9.17) is 5.73 Å². The van der Waals surface area contributed by atoms with Crippen molar-refractivity contribution in [2.45, 2.75) is 50.4 Å². The fourth-order valence-electron chi connectivity index (χ4n) is 4.84. The van der Waals surface area contributed by atoms with Crippen LogP contribution in [0.2, 0.25) is 0 Å². The standard InChI is InChI=1S/C25H23F3N4O2S2/c1-12-6-8-15-17(10-12)36-23(19(15)22(29)34)30-18(33)11-35-24-31-20-14-5-3-2-4-13(14)7-9-16(20)21(32-24)25(26,27)28/h2-5,12H,6-11H2,1H3,(H2,29,34)(H,30,33)/t12-/m0/s1. The summed E-state index contributed by atoms with van der Waals surface area (Å²) < 4.78 is 41.6. The Morgan fingerprint density at radius 3 is 2.69 bits per heavy atom. The van der Waals surface area contributed by atoms with Gasteiger partial charge < -0.3 is 11.1 Å². The fraction of sp³-hybridized carbons (Fsp3) is 0.360. The quantitative estimate of drug-likeness (QED) is 0.344. The first kappa shape index (κ1) is 24.8. The number of anilines is 1. The van der Waals surface area contributed by atoms with Crippen LogP contribution in [0.5, 0.6) is 0 Å². The summed E-state index contributed by atoms with van der Waals surface area (Å²) in [7, 11) is 0. The zero-order valence-corrected chi connectivity index (χ0v) is 21.0. The number of benzene rings is 1. The van der Waals surface area contributed by atoms with Gasteiger partial charge in [-0.15, -0.1) is 11.3 Å². The third kappa shape index (κ3) is 4.73. The van der Waals surface area contributed by atoms with E-state index in [2.05, 4.69) is 22.2 Å². The lowest BCUT2D eigenvalue weighted by Gasteiger charge is -2.22. The molecule has 6 nitrogen and oxygen atoms in total. The van der Waals surface area contributed by atoms with Gasteiger partial charge in [0.2, 0.25) is 5.91 Å². The number of amides is 2. The molecule has 3 aromatic rings. The molecule has 36 heavy (non-hydrogen) atoms. The number of carbonyl (C=O) groups excluding carboxylic acids is 2. The number of rotatable bonds is 5. The average molecular weight is 533 g/mol. The van der Waals surface area contributed by atoms with E-state index >= 15 is 0 Å². The number of nitrogens with zero attached hydrogens (tertiary/aromatic N) is 2. The summed E-state index contributed by atoms with van der Waals surface area (Å²) in [6.07, 6.45) is -1.48. The van der Waals surface area contributed by atoms with Crippen molar-refractivity contribution in [3.05, 3.63) is 57.1 Å². The summed E-state index contributed by atoms with van der Waals surface area (Å²) in [5, 5.41) is 3.01. The first-order chi connectivity index (χ1) is 17.1. The Bertz CT molecular complexity index is 1370. The van der Waals surface area contributed by atoms with Crippen molar-refractivity contribution < 1.29 is 22.8 Å². The van der Waals surface area contributed by atoms with Gasteiger partial charge in [0.05, 0.1) is 17.0 Å². The lowest BCUT2D eigenvalue weighted by molar-refractivity contribution is -0.142. The Morgan fingerprint density at radius 1 is 1.17 bits per heavy atom. The number of carbonyl (C=O) groups is 2. The molecule has 0 fully saturated rings. The summed E-state index contributed by atoms with van der Waals surface area (Å²) >= 11 is 2.17. The molecule has 5 rings (SSSR count). The van der Waals surface area contributed by atoms with Crippen LogP contribution >= 0.6 is 23.1 Å². The summed E-state index contributed by atoms with van der Waals surface area (Å²) in [5.41, 5.74) is 7.80. The molecule has 0 spiro atoms. The molecule has 0 saturated carbocycles. The molecule has 0 saturated heterocycles. The molecule has 188 valence electrons. The number of primary amides is 1. The van der Waals surface area contributed by atoms with E-state index in [-0.39, 0.29) is 28.6 Å². The van der Waals surface area contributed by atoms with Gasteiger partial charge in [0.25, 0.3) is 5.91 Å². The number of alkyl halides is 3. The Morgan fingerprint density at radius 2 is 1.94 bits per heavy atom. The molecule has 0 radical (unpaired) electrons. The smallest absolute Gasteiger partial charge is 0.365 e. The largest absolute Gasteiger partial charge is 0.433 e. The van der Waals surface area contributed by atoms with Crippen LogP contribution in [0.4, 0.5) is 18.2 Å². The van der Waals surface area contributed by atoms with Gasteiger partial charge in [-0.25, -0.2) is 9.97 Å². The van der Waals surface area contributed by atoms with E-state index in [1.165, 1.54) is 11.3 Å². The minimum absolute atomic E-state index is 0.0829. The number of nitrogens with two attached hydrogens (primary N) is 1. The predicted molar refractivity (Wildman–Crippen MR) is 133 cm³/mol. The van der Waals surface area contributed by atoms with Crippen LogP contribution in [-0.4, -0.2) is 27.5 Å². The maximum atomic E-state index is 13.9. The molecule has 1 atom stereocenters. The molecular weight excluding hydrogens is 509 g/mol. The Hall–Kier alpha value is -2.92. The van der Waals surface area contributed by atoms with Gasteiger partial charge in [-0.3, -0.25) is 9.59 Å². The SMILES string of the molecule is C[C@H]1CCc2c(sc(NC(=O)CSc3nc4c(c(C(F)(F)F)n3)CCc3ccccc3-4)c2C(N)=O)C1. The molecular formula is C25H23F3N4O2S2. The zero-order chi connectivity index (χ0) is 25.6. The molecule has 2 aliphatic carbocycles. The summed E-state index contributed by atoms with van der Waals surface area (Å²) in [6.45, 7) is 2.13. The Balaban J connectivity index is 1.39. The second-order valence-electron chi connectivity index (χ2n) is 9.09. The van der Waals surface area contributed by atoms with Crippen LogP contribution in [0.25, 0.3) is 11.3 Å². The molecule has 2 aromatic heterocycles. The second kappa shape index (κ2) is 9.51. The highest BCUT2D eigenvalue weighted by Crippen LogP contribution is 2.41. The number of thioether (sulfide) groups is 1.